The molecule has 2 amide bonds. The Morgan fingerprint density at radius 3 is 2.35 bits per heavy atom. The van der Waals surface area contributed by atoms with E-state index in [-0.39, 0.29) is 17.7 Å². The average molecular weight is 374 g/mol. The number of benzene rings is 1. The maximum absolute atomic E-state index is 12.6. The first-order valence-corrected chi connectivity index (χ1v) is 9.22. The third kappa shape index (κ3) is 5.16. The van der Waals surface area contributed by atoms with Crippen LogP contribution in [0.5, 0.6) is 0 Å². The van der Waals surface area contributed by atoms with Crippen molar-refractivity contribution in [2.24, 2.45) is 5.92 Å². The van der Waals surface area contributed by atoms with Crippen molar-refractivity contribution < 1.29 is 19.1 Å². The van der Waals surface area contributed by atoms with Gasteiger partial charge in [0.25, 0.3) is 5.91 Å². The van der Waals surface area contributed by atoms with E-state index in [9.17, 15) is 14.4 Å². The van der Waals surface area contributed by atoms with Crippen molar-refractivity contribution in [3.05, 3.63) is 52.2 Å². The van der Waals surface area contributed by atoms with E-state index < -0.39 is 12.0 Å². The summed E-state index contributed by atoms with van der Waals surface area (Å²) in [7, 11) is 0. The van der Waals surface area contributed by atoms with Crippen LogP contribution in [-0.4, -0.2) is 30.4 Å². The van der Waals surface area contributed by atoms with E-state index in [1.54, 1.807) is 43.3 Å². The molecule has 1 atom stereocenters. The van der Waals surface area contributed by atoms with Crippen LogP contribution in [0.15, 0.2) is 41.8 Å². The highest BCUT2D eigenvalue weighted by Crippen LogP contribution is 2.14. The van der Waals surface area contributed by atoms with Crippen LogP contribution in [0, 0.1) is 5.92 Å². The molecule has 0 spiro atoms. The molecular formula is C19H22N2O4S. The van der Waals surface area contributed by atoms with Gasteiger partial charge in [-0.2, -0.15) is 0 Å². The Balaban J connectivity index is 2.03. The molecule has 0 aliphatic heterocycles. The lowest BCUT2D eigenvalue weighted by Gasteiger charge is -2.21. The van der Waals surface area contributed by atoms with Gasteiger partial charge in [0.1, 0.15) is 6.04 Å². The molecule has 2 N–H and O–H groups in total. The molecule has 0 aliphatic carbocycles. The number of thiophene rings is 1. The molecule has 1 unspecified atom stereocenters. The molecule has 0 fully saturated rings. The minimum Gasteiger partial charge on any atom is -0.462 e. The van der Waals surface area contributed by atoms with Crippen molar-refractivity contribution >= 4 is 34.8 Å². The summed E-state index contributed by atoms with van der Waals surface area (Å²) in [5.74, 6) is -1.08. The Labute approximate surface area is 156 Å². The molecule has 0 saturated carbocycles. The third-order valence-electron chi connectivity index (χ3n) is 3.64. The van der Waals surface area contributed by atoms with E-state index in [0.717, 1.165) is 0 Å². The predicted molar refractivity (Wildman–Crippen MR) is 101 cm³/mol. The molecule has 26 heavy (non-hydrogen) atoms. The fraction of sp³-hybridized carbons (Fsp3) is 0.316. The molecule has 0 bridgehead atoms. The lowest BCUT2D eigenvalue weighted by molar-refractivity contribution is -0.118. The fourth-order valence-corrected chi connectivity index (χ4v) is 2.91. The number of rotatable bonds is 7. The van der Waals surface area contributed by atoms with Gasteiger partial charge in [-0.1, -0.05) is 19.9 Å². The zero-order valence-electron chi connectivity index (χ0n) is 14.9. The largest absolute Gasteiger partial charge is 0.462 e. The van der Waals surface area contributed by atoms with Gasteiger partial charge in [-0.15, -0.1) is 11.3 Å². The molecule has 1 aromatic heterocycles. The lowest BCUT2D eigenvalue weighted by atomic mass is 10.0. The first-order valence-electron chi connectivity index (χ1n) is 8.34. The van der Waals surface area contributed by atoms with Gasteiger partial charge in [0.05, 0.1) is 17.0 Å². The maximum atomic E-state index is 12.6. The van der Waals surface area contributed by atoms with Crippen molar-refractivity contribution in [1.29, 1.82) is 0 Å². The summed E-state index contributed by atoms with van der Waals surface area (Å²) in [6.07, 6.45) is 0. The van der Waals surface area contributed by atoms with Gasteiger partial charge in [0.15, 0.2) is 0 Å². The van der Waals surface area contributed by atoms with Gasteiger partial charge in [-0.25, -0.2) is 4.79 Å². The number of ether oxygens (including phenoxy) is 1. The third-order valence-corrected chi connectivity index (χ3v) is 4.51. The van der Waals surface area contributed by atoms with Crippen molar-refractivity contribution in [3.8, 4) is 0 Å². The van der Waals surface area contributed by atoms with E-state index in [1.165, 1.54) is 11.3 Å². The maximum Gasteiger partial charge on any atom is 0.338 e. The SMILES string of the molecule is CCOC(=O)c1ccc(NC(=O)C(NC(=O)c2cccs2)C(C)C)cc1. The van der Waals surface area contributed by atoms with E-state index in [2.05, 4.69) is 10.6 Å². The van der Waals surface area contributed by atoms with E-state index >= 15 is 0 Å². The normalized spacial score (nSPS) is 11.7. The first-order chi connectivity index (χ1) is 12.4. The Bertz CT molecular complexity index is 754. The molecule has 0 radical (unpaired) electrons. The molecule has 0 aliphatic rings. The van der Waals surface area contributed by atoms with Gasteiger partial charge in [0, 0.05) is 5.69 Å². The Morgan fingerprint density at radius 2 is 1.81 bits per heavy atom. The van der Waals surface area contributed by atoms with E-state index in [4.69, 9.17) is 4.74 Å². The molecule has 0 saturated heterocycles. The van der Waals surface area contributed by atoms with Crippen LogP contribution in [0.3, 0.4) is 0 Å². The minimum atomic E-state index is -0.672. The van der Waals surface area contributed by atoms with Gasteiger partial charge in [-0.3, -0.25) is 9.59 Å². The fourth-order valence-electron chi connectivity index (χ4n) is 2.28. The van der Waals surface area contributed by atoms with Crippen LogP contribution < -0.4 is 10.6 Å². The first kappa shape index (κ1) is 19.7. The van der Waals surface area contributed by atoms with Gasteiger partial charge >= 0.3 is 5.97 Å². The Morgan fingerprint density at radius 1 is 1.12 bits per heavy atom. The molecule has 1 aromatic carbocycles. The number of amides is 2. The van der Waals surface area contributed by atoms with Crippen LogP contribution >= 0.6 is 11.3 Å². The standard InChI is InChI=1S/C19H22N2O4S/c1-4-25-19(24)13-7-9-14(10-8-13)20-18(23)16(12(2)3)21-17(22)15-6-5-11-26-15/h5-12,16H,4H2,1-3H3,(H,20,23)(H,21,22). The highest BCUT2D eigenvalue weighted by atomic mass is 32.1. The van der Waals surface area contributed by atoms with Crippen molar-refractivity contribution in [3.63, 3.8) is 0 Å². The van der Waals surface area contributed by atoms with Crippen LogP contribution in [0.25, 0.3) is 0 Å². The number of hydrogen-bond acceptors (Lipinski definition) is 5. The quantitative estimate of drug-likeness (QED) is 0.728. The van der Waals surface area contributed by atoms with Crippen molar-refractivity contribution in [1.82, 2.24) is 5.32 Å². The number of carbonyl (C=O) groups is 3. The summed E-state index contributed by atoms with van der Waals surface area (Å²) in [6.45, 7) is 5.77. The van der Waals surface area contributed by atoms with E-state index in [1.807, 2.05) is 19.2 Å². The molecular weight excluding hydrogens is 352 g/mol. The topological polar surface area (TPSA) is 84.5 Å². The number of esters is 1. The second kappa shape index (κ2) is 9.15. The van der Waals surface area contributed by atoms with Crippen LogP contribution in [0.2, 0.25) is 0 Å². The van der Waals surface area contributed by atoms with Gasteiger partial charge in [0.2, 0.25) is 5.91 Å². The highest BCUT2D eigenvalue weighted by molar-refractivity contribution is 7.12. The smallest absolute Gasteiger partial charge is 0.338 e. The summed E-state index contributed by atoms with van der Waals surface area (Å²) in [6, 6.07) is 9.25. The van der Waals surface area contributed by atoms with Crippen LogP contribution in [-0.2, 0) is 9.53 Å². The average Bonchev–Trinajstić information content (AvgIpc) is 3.14. The zero-order chi connectivity index (χ0) is 19.1. The summed E-state index contributed by atoms with van der Waals surface area (Å²) >= 11 is 1.32. The molecule has 1 heterocycles. The van der Waals surface area contributed by atoms with Gasteiger partial charge in [-0.05, 0) is 48.6 Å². The summed E-state index contributed by atoms with van der Waals surface area (Å²) in [5.41, 5.74) is 0.954. The van der Waals surface area contributed by atoms with Crippen LogP contribution in [0.1, 0.15) is 40.8 Å². The van der Waals surface area contributed by atoms with Crippen LogP contribution in [0.4, 0.5) is 5.69 Å². The Hall–Kier alpha value is -2.67. The predicted octanol–water partition coefficient (Wildman–Crippen LogP) is 3.32. The van der Waals surface area contributed by atoms with Crippen molar-refractivity contribution in [2.45, 2.75) is 26.8 Å². The monoisotopic (exact) mass is 374 g/mol. The minimum absolute atomic E-state index is 0.0854. The summed E-state index contributed by atoms with van der Waals surface area (Å²) in [5, 5.41) is 7.35. The molecule has 2 rings (SSSR count). The highest BCUT2D eigenvalue weighted by Gasteiger charge is 2.25. The molecule has 2 aromatic rings. The molecule has 138 valence electrons. The van der Waals surface area contributed by atoms with E-state index in [0.29, 0.717) is 22.7 Å². The number of nitrogens with one attached hydrogen (secondary N) is 2. The van der Waals surface area contributed by atoms with Crippen molar-refractivity contribution in [2.75, 3.05) is 11.9 Å². The number of anilines is 1. The second-order valence-corrected chi connectivity index (χ2v) is 6.91. The zero-order valence-corrected chi connectivity index (χ0v) is 15.8. The Kier molecular flexibility index (Phi) is 6.91. The van der Waals surface area contributed by atoms with Gasteiger partial charge < -0.3 is 15.4 Å². The summed E-state index contributed by atoms with van der Waals surface area (Å²) in [4.78, 5) is 37.0. The number of hydrogen-bond donors (Lipinski definition) is 2. The lowest BCUT2D eigenvalue weighted by Crippen LogP contribution is -2.46. The molecule has 7 heteroatoms. The molecule has 6 nitrogen and oxygen atoms in total. The second-order valence-electron chi connectivity index (χ2n) is 5.96. The summed E-state index contributed by atoms with van der Waals surface area (Å²) < 4.78 is 4.92. The number of carbonyl (C=O) groups excluding carboxylic acids is 3.